The highest BCUT2D eigenvalue weighted by atomic mass is 19.4. The molecule has 0 bridgehead atoms. The summed E-state index contributed by atoms with van der Waals surface area (Å²) < 4.78 is 45.1. The first-order valence-corrected chi connectivity index (χ1v) is 10.2. The van der Waals surface area contributed by atoms with Crippen molar-refractivity contribution < 1.29 is 27.5 Å². The maximum atomic E-state index is 13.6. The normalized spacial score (nSPS) is 15.9. The second kappa shape index (κ2) is 9.51. The van der Waals surface area contributed by atoms with Crippen LogP contribution in [0.5, 0.6) is 0 Å². The number of benzene rings is 2. The molecule has 2 amide bonds. The third-order valence-corrected chi connectivity index (χ3v) is 5.59. The van der Waals surface area contributed by atoms with Crippen molar-refractivity contribution in [3.05, 3.63) is 65.7 Å². The lowest BCUT2D eigenvalue weighted by molar-refractivity contribution is -0.143. The van der Waals surface area contributed by atoms with E-state index in [2.05, 4.69) is 5.32 Å². The maximum absolute atomic E-state index is 13.6. The molecule has 1 aliphatic rings. The number of nitrogens with one attached hydrogen (secondary N) is 1. The number of carbonyl (C=O) groups is 2. The molecule has 2 aromatic rings. The topological polar surface area (TPSA) is 58.6 Å². The number of rotatable bonds is 6. The zero-order valence-corrected chi connectivity index (χ0v) is 17.2. The van der Waals surface area contributed by atoms with Gasteiger partial charge in [0, 0.05) is 19.8 Å². The summed E-state index contributed by atoms with van der Waals surface area (Å²) >= 11 is 0. The molecule has 1 fully saturated rings. The van der Waals surface area contributed by atoms with Gasteiger partial charge in [0.05, 0.1) is 23.2 Å². The Kier molecular flexibility index (Phi) is 7.00. The molecule has 0 spiro atoms. The predicted octanol–water partition coefficient (Wildman–Crippen LogP) is 4.24. The standard InChI is InChI=1S/C23H25F3N2O3/c1-2-28(16-20(29)27-19-11-7-6-10-18(19)23(24,25)26)21(30)22(12-14-31-15-13-22)17-8-4-3-5-9-17/h3-11H,2,12-16H2,1H3,(H,27,29). The molecule has 1 N–H and O–H groups in total. The molecule has 0 aromatic heterocycles. The quantitative estimate of drug-likeness (QED) is 0.740. The van der Waals surface area contributed by atoms with Gasteiger partial charge in [0.25, 0.3) is 0 Å². The van der Waals surface area contributed by atoms with Gasteiger partial charge in [-0.05, 0) is 37.5 Å². The van der Waals surface area contributed by atoms with E-state index in [1.54, 1.807) is 6.92 Å². The number of likely N-dealkylation sites (N-methyl/N-ethyl adjacent to an activating group) is 1. The van der Waals surface area contributed by atoms with Crippen LogP contribution in [0.25, 0.3) is 0 Å². The molecular weight excluding hydrogens is 409 g/mol. The Bertz CT molecular complexity index is 910. The molecule has 0 unspecified atom stereocenters. The fourth-order valence-corrected chi connectivity index (χ4v) is 3.94. The van der Waals surface area contributed by atoms with E-state index in [1.807, 2.05) is 30.3 Å². The Morgan fingerprint density at radius 2 is 1.65 bits per heavy atom. The van der Waals surface area contributed by atoms with Crippen LogP contribution >= 0.6 is 0 Å². The molecular formula is C23H25F3N2O3. The van der Waals surface area contributed by atoms with Gasteiger partial charge >= 0.3 is 6.18 Å². The fourth-order valence-electron chi connectivity index (χ4n) is 3.94. The molecule has 0 aliphatic carbocycles. The lowest BCUT2D eigenvalue weighted by atomic mass is 9.73. The van der Waals surface area contributed by atoms with Gasteiger partial charge < -0.3 is 15.0 Å². The summed E-state index contributed by atoms with van der Waals surface area (Å²) in [6, 6.07) is 14.1. The highest BCUT2D eigenvalue weighted by Gasteiger charge is 2.44. The van der Waals surface area contributed by atoms with E-state index in [4.69, 9.17) is 4.74 Å². The Labute approximate surface area is 179 Å². The van der Waals surface area contributed by atoms with Crippen LogP contribution in [0.1, 0.15) is 30.9 Å². The molecule has 2 aromatic carbocycles. The van der Waals surface area contributed by atoms with Crippen LogP contribution < -0.4 is 5.32 Å². The number of ether oxygens (including phenoxy) is 1. The van der Waals surface area contributed by atoms with Gasteiger partial charge in [0.1, 0.15) is 0 Å². The molecule has 1 aliphatic heterocycles. The highest BCUT2D eigenvalue weighted by Crippen LogP contribution is 2.37. The van der Waals surface area contributed by atoms with E-state index in [0.29, 0.717) is 26.1 Å². The van der Waals surface area contributed by atoms with E-state index in [9.17, 15) is 22.8 Å². The zero-order valence-electron chi connectivity index (χ0n) is 17.2. The van der Waals surface area contributed by atoms with Crippen molar-refractivity contribution >= 4 is 17.5 Å². The Balaban J connectivity index is 1.80. The van der Waals surface area contributed by atoms with Crippen molar-refractivity contribution in [2.24, 2.45) is 0 Å². The summed E-state index contributed by atoms with van der Waals surface area (Å²) in [6.07, 6.45) is -3.64. The Morgan fingerprint density at radius 3 is 2.26 bits per heavy atom. The first-order chi connectivity index (χ1) is 14.8. The minimum absolute atomic E-state index is 0.219. The second-order valence-electron chi connectivity index (χ2n) is 7.47. The van der Waals surface area contributed by atoms with E-state index in [1.165, 1.54) is 23.1 Å². The number of hydrogen-bond acceptors (Lipinski definition) is 3. The highest BCUT2D eigenvalue weighted by molar-refractivity contribution is 5.97. The van der Waals surface area contributed by atoms with Crippen molar-refractivity contribution in [3.63, 3.8) is 0 Å². The molecule has 1 saturated heterocycles. The number of carbonyl (C=O) groups excluding carboxylic acids is 2. The number of hydrogen-bond donors (Lipinski definition) is 1. The molecule has 0 radical (unpaired) electrons. The average molecular weight is 434 g/mol. The zero-order chi connectivity index (χ0) is 22.5. The third kappa shape index (κ3) is 5.07. The summed E-state index contributed by atoms with van der Waals surface area (Å²) in [5.74, 6) is -0.897. The number of nitrogens with zero attached hydrogens (tertiary/aromatic N) is 1. The second-order valence-corrected chi connectivity index (χ2v) is 7.47. The van der Waals surface area contributed by atoms with Gasteiger partial charge in [-0.3, -0.25) is 9.59 Å². The summed E-state index contributed by atoms with van der Waals surface area (Å²) in [5, 5.41) is 2.31. The number of anilines is 1. The van der Waals surface area contributed by atoms with Gasteiger partial charge in [-0.15, -0.1) is 0 Å². The van der Waals surface area contributed by atoms with E-state index >= 15 is 0 Å². The van der Waals surface area contributed by atoms with Gasteiger partial charge in [-0.2, -0.15) is 13.2 Å². The van der Waals surface area contributed by atoms with Crippen molar-refractivity contribution in [1.82, 2.24) is 4.90 Å². The van der Waals surface area contributed by atoms with Crippen molar-refractivity contribution in [2.45, 2.75) is 31.4 Å². The van der Waals surface area contributed by atoms with Gasteiger partial charge in [-0.1, -0.05) is 42.5 Å². The first kappa shape index (κ1) is 22.8. The number of halogens is 3. The summed E-state index contributed by atoms with van der Waals surface area (Å²) in [7, 11) is 0. The maximum Gasteiger partial charge on any atom is 0.418 e. The minimum atomic E-state index is -4.59. The van der Waals surface area contributed by atoms with Crippen LogP contribution in [0.2, 0.25) is 0 Å². The Hall–Kier alpha value is -2.87. The molecule has 5 nitrogen and oxygen atoms in total. The average Bonchev–Trinajstić information content (AvgIpc) is 2.77. The van der Waals surface area contributed by atoms with Crippen LogP contribution in [-0.4, -0.2) is 43.0 Å². The van der Waals surface area contributed by atoms with E-state index < -0.39 is 23.1 Å². The van der Waals surface area contributed by atoms with Crippen molar-refractivity contribution in [2.75, 3.05) is 31.6 Å². The molecule has 0 saturated carbocycles. The van der Waals surface area contributed by atoms with E-state index in [0.717, 1.165) is 11.6 Å². The smallest absolute Gasteiger partial charge is 0.381 e. The largest absolute Gasteiger partial charge is 0.418 e. The van der Waals surface area contributed by atoms with Gasteiger partial charge in [-0.25, -0.2) is 0 Å². The molecule has 3 rings (SSSR count). The summed E-state index contributed by atoms with van der Waals surface area (Å²) in [5.41, 5.74) is -1.22. The number of para-hydroxylation sites is 1. The van der Waals surface area contributed by atoms with Gasteiger partial charge in [0.15, 0.2) is 0 Å². The van der Waals surface area contributed by atoms with Crippen LogP contribution in [0.3, 0.4) is 0 Å². The van der Waals surface area contributed by atoms with Crippen LogP contribution in [-0.2, 0) is 25.9 Å². The van der Waals surface area contributed by atoms with E-state index in [-0.39, 0.29) is 24.7 Å². The monoisotopic (exact) mass is 434 g/mol. The fraction of sp³-hybridized carbons (Fsp3) is 0.391. The number of amides is 2. The summed E-state index contributed by atoms with van der Waals surface area (Å²) in [4.78, 5) is 27.6. The molecule has 166 valence electrons. The lowest BCUT2D eigenvalue weighted by Gasteiger charge is -2.39. The van der Waals surface area contributed by atoms with Crippen LogP contribution in [0.15, 0.2) is 54.6 Å². The van der Waals surface area contributed by atoms with Gasteiger partial charge in [0.2, 0.25) is 11.8 Å². The Morgan fingerprint density at radius 1 is 1.03 bits per heavy atom. The molecule has 8 heteroatoms. The van der Waals surface area contributed by atoms with Crippen LogP contribution in [0.4, 0.5) is 18.9 Å². The minimum Gasteiger partial charge on any atom is -0.381 e. The van der Waals surface area contributed by atoms with Crippen molar-refractivity contribution in [3.8, 4) is 0 Å². The first-order valence-electron chi connectivity index (χ1n) is 10.2. The lowest BCUT2D eigenvalue weighted by Crippen LogP contribution is -2.51. The number of alkyl halides is 3. The van der Waals surface area contributed by atoms with Crippen molar-refractivity contribution in [1.29, 1.82) is 0 Å². The SMILES string of the molecule is CCN(CC(=O)Nc1ccccc1C(F)(F)F)C(=O)C1(c2ccccc2)CCOCC1. The van der Waals surface area contributed by atoms with Crippen LogP contribution in [0, 0.1) is 0 Å². The summed E-state index contributed by atoms with van der Waals surface area (Å²) in [6.45, 7) is 2.50. The molecule has 31 heavy (non-hydrogen) atoms. The predicted molar refractivity (Wildman–Crippen MR) is 111 cm³/mol. The molecule has 1 heterocycles. The third-order valence-electron chi connectivity index (χ3n) is 5.59. The molecule has 0 atom stereocenters.